The maximum atomic E-state index is 12.8. The lowest BCUT2D eigenvalue weighted by Gasteiger charge is -2.41. The van der Waals surface area contributed by atoms with Crippen molar-refractivity contribution in [1.82, 2.24) is 14.9 Å². The summed E-state index contributed by atoms with van der Waals surface area (Å²) in [5.41, 5.74) is 1.05. The third-order valence-corrected chi connectivity index (χ3v) is 5.79. The third-order valence-electron chi connectivity index (χ3n) is 5.79. The second kappa shape index (κ2) is 13.7. The van der Waals surface area contributed by atoms with Crippen LogP contribution in [0.2, 0.25) is 0 Å². The molecule has 0 aliphatic carbocycles. The van der Waals surface area contributed by atoms with Crippen LogP contribution in [0.3, 0.4) is 0 Å². The van der Waals surface area contributed by atoms with Crippen LogP contribution in [0.15, 0.2) is 24.4 Å². The normalized spacial score (nSPS) is 23.7. The number of ether oxygens (including phenoxy) is 1. The van der Waals surface area contributed by atoms with Gasteiger partial charge in [-0.25, -0.2) is 14.7 Å². The van der Waals surface area contributed by atoms with E-state index in [-0.39, 0.29) is 17.9 Å². The fourth-order valence-corrected chi connectivity index (χ4v) is 4.09. The molecule has 0 spiro atoms. The van der Waals surface area contributed by atoms with Crippen LogP contribution in [0.1, 0.15) is 31.4 Å². The zero-order chi connectivity index (χ0) is 28.5. The fourth-order valence-electron chi connectivity index (χ4n) is 4.09. The van der Waals surface area contributed by atoms with Crippen molar-refractivity contribution in [1.29, 1.82) is 0 Å². The monoisotopic (exact) mass is 559 g/mol. The Morgan fingerprint density at radius 1 is 1.00 bits per heavy atom. The Morgan fingerprint density at radius 3 is 2.13 bits per heavy atom. The van der Waals surface area contributed by atoms with E-state index in [4.69, 9.17) is 29.4 Å². The van der Waals surface area contributed by atoms with E-state index in [1.54, 1.807) is 5.06 Å². The summed E-state index contributed by atoms with van der Waals surface area (Å²) in [6.45, 7) is 3.69. The third kappa shape index (κ3) is 9.72. The number of carbonyl (C=O) groups excluding carboxylic acids is 1. The average molecular weight is 559 g/mol. The number of alkyl halides is 6. The minimum Gasteiger partial charge on any atom is -0.475 e. The van der Waals surface area contributed by atoms with Crippen LogP contribution >= 0.6 is 0 Å². The molecule has 4 rings (SSSR count). The molecule has 0 radical (unpaired) electrons. The lowest BCUT2D eigenvalue weighted by atomic mass is 9.89. The summed E-state index contributed by atoms with van der Waals surface area (Å²) in [5, 5.41) is 15.8. The van der Waals surface area contributed by atoms with Crippen molar-refractivity contribution < 1.29 is 60.5 Å². The SMILES string of the molecule is O=C(O)C(F)(F)F.O=C(O)C(F)(F)F.O=C([C@H]1C[C@H]2OCC[C@H]2N(Cc2ccccn2)C1)N1CCCCO1. The molecule has 4 heterocycles. The van der Waals surface area contributed by atoms with Gasteiger partial charge in [-0.1, -0.05) is 6.07 Å². The zero-order valence-corrected chi connectivity index (χ0v) is 20.0. The first-order valence-electron chi connectivity index (χ1n) is 11.5. The molecule has 3 atom stereocenters. The van der Waals surface area contributed by atoms with E-state index < -0.39 is 24.3 Å². The molecule has 3 fully saturated rings. The van der Waals surface area contributed by atoms with Gasteiger partial charge in [0.25, 0.3) is 5.91 Å². The van der Waals surface area contributed by atoms with Gasteiger partial charge in [0.2, 0.25) is 0 Å². The van der Waals surface area contributed by atoms with Gasteiger partial charge in [0.15, 0.2) is 0 Å². The summed E-state index contributed by atoms with van der Waals surface area (Å²) in [5.74, 6) is -5.44. The second-order valence-electron chi connectivity index (χ2n) is 8.53. The molecule has 3 aliphatic heterocycles. The molecule has 10 nitrogen and oxygen atoms in total. The molecule has 0 aromatic carbocycles. The Labute approximate surface area is 213 Å². The maximum Gasteiger partial charge on any atom is 0.490 e. The van der Waals surface area contributed by atoms with Gasteiger partial charge in [-0.05, 0) is 37.8 Å². The number of halogens is 6. The van der Waals surface area contributed by atoms with E-state index in [1.807, 2.05) is 24.4 Å². The highest BCUT2D eigenvalue weighted by Gasteiger charge is 2.43. The molecular formula is C22H27F6N3O7. The van der Waals surface area contributed by atoms with Crippen molar-refractivity contribution in [3.05, 3.63) is 30.1 Å². The smallest absolute Gasteiger partial charge is 0.475 e. The first kappa shape index (κ1) is 31.2. The summed E-state index contributed by atoms with van der Waals surface area (Å²) >= 11 is 0. The van der Waals surface area contributed by atoms with Crippen LogP contribution in [-0.2, 0) is 30.5 Å². The fraction of sp³-hybridized carbons (Fsp3) is 0.636. The molecule has 1 aromatic heterocycles. The average Bonchev–Trinajstić information content (AvgIpc) is 3.33. The molecular weight excluding hydrogens is 532 g/mol. The first-order valence-corrected chi connectivity index (χ1v) is 11.5. The number of likely N-dealkylation sites (tertiary alicyclic amines) is 1. The molecule has 214 valence electrons. The van der Waals surface area contributed by atoms with Crippen molar-refractivity contribution in [3.8, 4) is 0 Å². The van der Waals surface area contributed by atoms with Gasteiger partial charge in [0, 0.05) is 38.5 Å². The molecule has 0 bridgehead atoms. The number of nitrogens with zero attached hydrogens (tertiary/aromatic N) is 3. The summed E-state index contributed by atoms with van der Waals surface area (Å²) in [4.78, 5) is 43.0. The standard InChI is InChI=1S/C18H25N3O3.2C2HF3O2/c22-18(21-8-3-4-9-24-21)14-11-17-16(6-10-23-17)20(12-14)13-15-5-1-2-7-19-15;2*3-2(4,5)1(6)7/h1-2,5,7,14,16-17H,3-4,6,8-13H2;2*(H,6,7)/t14-,16+,17+;;/m0../s1. The van der Waals surface area contributed by atoms with Crippen molar-refractivity contribution in [2.75, 3.05) is 26.3 Å². The summed E-state index contributed by atoms with van der Waals surface area (Å²) in [7, 11) is 0. The molecule has 1 aromatic rings. The molecule has 3 saturated heterocycles. The summed E-state index contributed by atoms with van der Waals surface area (Å²) < 4.78 is 69.4. The van der Waals surface area contributed by atoms with E-state index in [0.717, 1.165) is 51.1 Å². The number of rotatable bonds is 3. The zero-order valence-electron chi connectivity index (χ0n) is 20.0. The van der Waals surface area contributed by atoms with Gasteiger partial charge in [-0.15, -0.1) is 0 Å². The summed E-state index contributed by atoms with van der Waals surface area (Å²) in [6, 6.07) is 6.39. The Hall–Kier alpha value is -2.98. The highest BCUT2D eigenvalue weighted by atomic mass is 19.4. The molecule has 2 N–H and O–H groups in total. The van der Waals surface area contributed by atoms with Crippen LogP contribution in [0.25, 0.3) is 0 Å². The van der Waals surface area contributed by atoms with E-state index in [1.165, 1.54) is 0 Å². The number of carboxylic acid groups (broad SMARTS) is 2. The number of hydrogen-bond donors (Lipinski definition) is 2. The number of fused-ring (bicyclic) bond motifs is 1. The Balaban J connectivity index is 0.000000301. The second-order valence-corrected chi connectivity index (χ2v) is 8.53. The van der Waals surface area contributed by atoms with E-state index in [2.05, 4.69) is 9.88 Å². The van der Waals surface area contributed by atoms with E-state index in [0.29, 0.717) is 19.2 Å². The van der Waals surface area contributed by atoms with Gasteiger partial charge in [0.05, 0.1) is 24.3 Å². The minimum absolute atomic E-state index is 0.0498. The molecule has 0 unspecified atom stereocenters. The minimum atomic E-state index is -5.08. The van der Waals surface area contributed by atoms with Crippen LogP contribution < -0.4 is 0 Å². The first-order chi connectivity index (χ1) is 17.7. The summed E-state index contributed by atoms with van der Waals surface area (Å²) in [6.07, 6.45) is -4.28. The van der Waals surface area contributed by atoms with E-state index in [9.17, 15) is 31.1 Å². The molecule has 16 heteroatoms. The number of aliphatic carboxylic acids is 2. The lowest BCUT2D eigenvalue weighted by molar-refractivity contribution is -0.204. The Kier molecular flexibility index (Phi) is 11.3. The largest absolute Gasteiger partial charge is 0.490 e. The van der Waals surface area contributed by atoms with Crippen molar-refractivity contribution in [2.45, 2.75) is 56.7 Å². The van der Waals surface area contributed by atoms with Crippen molar-refractivity contribution in [3.63, 3.8) is 0 Å². The van der Waals surface area contributed by atoms with Crippen LogP contribution in [0.4, 0.5) is 26.3 Å². The number of carboxylic acids is 2. The Bertz CT molecular complexity index is 902. The van der Waals surface area contributed by atoms with Gasteiger partial charge in [0.1, 0.15) is 0 Å². The molecule has 38 heavy (non-hydrogen) atoms. The number of carbonyl (C=O) groups is 3. The van der Waals surface area contributed by atoms with Crippen LogP contribution in [0.5, 0.6) is 0 Å². The highest BCUT2D eigenvalue weighted by molar-refractivity contribution is 5.78. The molecule has 0 saturated carbocycles. The number of amides is 1. The number of hydroxylamine groups is 2. The number of pyridine rings is 1. The molecule has 1 amide bonds. The van der Waals surface area contributed by atoms with Gasteiger partial charge in [-0.3, -0.25) is 19.5 Å². The molecule has 3 aliphatic rings. The highest BCUT2D eigenvalue weighted by Crippen LogP contribution is 2.33. The quantitative estimate of drug-likeness (QED) is 0.537. The lowest BCUT2D eigenvalue weighted by Crippen LogP contribution is -2.53. The van der Waals surface area contributed by atoms with Crippen molar-refractivity contribution >= 4 is 17.8 Å². The predicted molar refractivity (Wildman–Crippen MR) is 115 cm³/mol. The number of piperidine rings is 1. The van der Waals surface area contributed by atoms with Crippen LogP contribution in [0, 0.1) is 5.92 Å². The number of aromatic nitrogens is 1. The van der Waals surface area contributed by atoms with Crippen molar-refractivity contribution in [2.24, 2.45) is 5.92 Å². The van der Waals surface area contributed by atoms with Gasteiger partial charge < -0.3 is 14.9 Å². The number of hydrogen-bond acceptors (Lipinski definition) is 7. The van der Waals surface area contributed by atoms with Crippen LogP contribution in [-0.4, -0.2) is 93.8 Å². The van der Waals surface area contributed by atoms with E-state index >= 15 is 0 Å². The van der Waals surface area contributed by atoms with Gasteiger partial charge >= 0.3 is 24.3 Å². The van der Waals surface area contributed by atoms with Gasteiger partial charge in [-0.2, -0.15) is 26.3 Å². The maximum absolute atomic E-state index is 12.8. The predicted octanol–water partition coefficient (Wildman–Crippen LogP) is 2.88. The Morgan fingerprint density at radius 2 is 1.63 bits per heavy atom. The topological polar surface area (TPSA) is 129 Å².